The number of hydrogen-bond donors (Lipinski definition) is 1. The molecule has 0 spiro atoms. The second kappa shape index (κ2) is 6.98. The minimum Gasteiger partial charge on any atom is -0.478 e. The molecule has 22 heavy (non-hydrogen) atoms. The van der Waals surface area contributed by atoms with Crippen molar-refractivity contribution in [3.05, 3.63) is 18.2 Å². The van der Waals surface area contributed by atoms with Crippen LogP contribution in [0.4, 0.5) is 5.69 Å². The zero-order valence-electron chi connectivity index (χ0n) is 12.5. The predicted octanol–water partition coefficient (Wildman–Crippen LogP) is 1.70. The summed E-state index contributed by atoms with van der Waals surface area (Å²) in [7, 11) is 0. The lowest BCUT2D eigenvalue weighted by Crippen LogP contribution is -2.40. The van der Waals surface area contributed by atoms with Crippen LogP contribution in [0.2, 0.25) is 0 Å². The van der Waals surface area contributed by atoms with Gasteiger partial charge in [0.2, 0.25) is 0 Å². The summed E-state index contributed by atoms with van der Waals surface area (Å²) in [5.74, 6) is 1.08. The molecule has 3 rings (SSSR count). The Hall–Kier alpha value is -1.79. The van der Waals surface area contributed by atoms with Crippen LogP contribution in [0.5, 0.6) is 11.5 Å². The summed E-state index contributed by atoms with van der Waals surface area (Å²) >= 11 is 0. The number of amides is 1. The molecule has 0 saturated carbocycles. The maximum Gasteiger partial charge on any atom is 0.265 e. The van der Waals surface area contributed by atoms with E-state index in [1.165, 1.54) is 0 Å². The van der Waals surface area contributed by atoms with Crippen molar-refractivity contribution in [2.75, 3.05) is 31.3 Å². The number of anilines is 1. The van der Waals surface area contributed by atoms with Crippen LogP contribution in [0.25, 0.3) is 0 Å². The van der Waals surface area contributed by atoms with Gasteiger partial charge in [-0.05, 0) is 31.4 Å². The van der Waals surface area contributed by atoms with Crippen LogP contribution in [0, 0.1) is 0 Å². The first-order chi connectivity index (χ1) is 10.8. The third-order valence-electron chi connectivity index (χ3n) is 3.83. The third kappa shape index (κ3) is 3.18. The molecule has 1 atom stereocenters. The van der Waals surface area contributed by atoms with Gasteiger partial charge in [0, 0.05) is 19.6 Å². The number of rotatable bonds is 5. The quantitative estimate of drug-likeness (QED) is 0.897. The van der Waals surface area contributed by atoms with Gasteiger partial charge in [0.25, 0.3) is 5.91 Å². The molecule has 2 aliphatic heterocycles. The van der Waals surface area contributed by atoms with E-state index in [4.69, 9.17) is 19.3 Å². The van der Waals surface area contributed by atoms with Crippen LogP contribution in [-0.2, 0) is 9.53 Å². The fraction of sp³-hybridized carbons (Fsp3) is 0.562. The predicted molar refractivity (Wildman–Crippen MR) is 80.2 cm³/mol. The van der Waals surface area contributed by atoms with Crippen molar-refractivity contribution in [3.63, 3.8) is 0 Å². The topological polar surface area (TPSA) is 68.2 Å². The maximum absolute atomic E-state index is 12.0. The zero-order chi connectivity index (χ0) is 15.4. The SMILES string of the molecule is O=C1COc2c(OC3CCCCO3)cccc2N1CCCO. The van der Waals surface area contributed by atoms with Gasteiger partial charge in [-0.2, -0.15) is 0 Å². The van der Waals surface area contributed by atoms with Crippen LogP contribution in [0.3, 0.4) is 0 Å². The van der Waals surface area contributed by atoms with Crippen molar-refractivity contribution in [1.82, 2.24) is 0 Å². The molecular weight excluding hydrogens is 286 g/mol. The number of fused-ring (bicyclic) bond motifs is 1. The summed E-state index contributed by atoms with van der Waals surface area (Å²) in [5, 5.41) is 8.99. The second-order valence-electron chi connectivity index (χ2n) is 5.43. The Kier molecular flexibility index (Phi) is 4.80. The Bertz CT molecular complexity index is 527. The molecule has 6 heteroatoms. The van der Waals surface area contributed by atoms with E-state index in [2.05, 4.69) is 0 Å². The van der Waals surface area contributed by atoms with E-state index in [9.17, 15) is 4.79 Å². The summed E-state index contributed by atoms with van der Waals surface area (Å²) in [6.07, 6.45) is 3.28. The number of aliphatic hydroxyl groups is 1. The molecule has 1 aromatic carbocycles. The van der Waals surface area contributed by atoms with Gasteiger partial charge in [0.15, 0.2) is 24.4 Å². The smallest absolute Gasteiger partial charge is 0.265 e. The number of nitrogens with zero attached hydrogens (tertiary/aromatic N) is 1. The molecule has 1 N–H and O–H groups in total. The van der Waals surface area contributed by atoms with E-state index in [0.717, 1.165) is 19.3 Å². The highest BCUT2D eigenvalue weighted by atomic mass is 16.7. The average molecular weight is 307 g/mol. The molecule has 120 valence electrons. The fourth-order valence-electron chi connectivity index (χ4n) is 2.72. The monoisotopic (exact) mass is 307 g/mol. The van der Waals surface area contributed by atoms with Crippen LogP contribution >= 0.6 is 0 Å². The lowest BCUT2D eigenvalue weighted by molar-refractivity contribution is -0.121. The first-order valence-electron chi connectivity index (χ1n) is 7.75. The lowest BCUT2D eigenvalue weighted by atomic mass is 10.2. The van der Waals surface area contributed by atoms with Crippen molar-refractivity contribution in [2.45, 2.75) is 32.0 Å². The number of hydrogen-bond acceptors (Lipinski definition) is 5. The summed E-state index contributed by atoms with van der Waals surface area (Å²) in [6, 6.07) is 5.50. The van der Waals surface area contributed by atoms with Gasteiger partial charge < -0.3 is 24.2 Å². The Labute approximate surface area is 129 Å². The molecule has 2 heterocycles. The van der Waals surface area contributed by atoms with E-state index in [0.29, 0.717) is 36.8 Å². The van der Waals surface area contributed by atoms with Gasteiger partial charge >= 0.3 is 0 Å². The van der Waals surface area contributed by atoms with Gasteiger partial charge in [-0.3, -0.25) is 4.79 Å². The van der Waals surface area contributed by atoms with Crippen LogP contribution < -0.4 is 14.4 Å². The van der Waals surface area contributed by atoms with Crippen molar-refractivity contribution in [1.29, 1.82) is 0 Å². The Morgan fingerprint density at radius 1 is 1.36 bits per heavy atom. The van der Waals surface area contributed by atoms with Gasteiger partial charge in [-0.15, -0.1) is 0 Å². The van der Waals surface area contributed by atoms with Gasteiger partial charge in [0.1, 0.15) is 0 Å². The first kappa shape index (κ1) is 15.1. The third-order valence-corrected chi connectivity index (χ3v) is 3.83. The molecule has 0 aromatic heterocycles. The molecule has 2 aliphatic rings. The molecule has 0 bridgehead atoms. The highest BCUT2D eigenvalue weighted by molar-refractivity contribution is 5.98. The average Bonchev–Trinajstić information content (AvgIpc) is 2.55. The normalized spacial score (nSPS) is 21.2. The summed E-state index contributed by atoms with van der Waals surface area (Å²) in [4.78, 5) is 13.7. The van der Waals surface area contributed by atoms with E-state index in [1.807, 2.05) is 18.2 Å². The fourth-order valence-corrected chi connectivity index (χ4v) is 2.72. The molecule has 1 aromatic rings. The Morgan fingerprint density at radius 3 is 3.05 bits per heavy atom. The molecule has 1 amide bonds. The number of carbonyl (C=O) groups is 1. The molecule has 1 saturated heterocycles. The number of para-hydroxylation sites is 1. The standard InChI is InChI=1S/C16H21NO5/c18-9-4-8-17-12-5-3-6-13(16(12)21-11-14(17)19)22-15-7-1-2-10-20-15/h3,5-6,15,18H,1-2,4,7-11H2. The maximum atomic E-state index is 12.0. The number of benzene rings is 1. The highest BCUT2D eigenvalue weighted by Crippen LogP contribution is 2.41. The number of carbonyl (C=O) groups excluding carboxylic acids is 1. The molecule has 0 aliphatic carbocycles. The van der Waals surface area contributed by atoms with E-state index in [1.54, 1.807) is 4.90 Å². The van der Waals surface area contributed by atoms with Crippen LogP contribution in [0.1, 0.15) is 25.7 Å². The van der Waals surface area contributed by atoms with Gasteiger partial charge in [0.05, 0.1) is 12.3 Å². The van der Waals surface area contributed by atoms with E-state index < -0.39 is 0 Å². The molecule has 6 nitrogen and oxygen atoms in total. The number of ether oxygens (including phenoxy) is 3. The molecular formula is C16H21NO5. The molecule has 1 unspecified atom stereocenters. The first-order valence-corrected chi connectivity index (χ1v) is 7.75. The van der Waals surface area contributed by atoms with Crippen molar-refractivity contribution in [2.24, 2.45) is 0 Å². The molecule has 1 fully saturated rings. The van der Waals surface area contributed by atoms with Gasteiger partial charge in [-0.25, -0.2) is 0 Å². The minimum absolute atomic E-state index is 0.00960. The Balaban J connectivity index is 1.81. The van der Waals surface area contributed by atoms with Crippen LogP contribution in [0.15, 0.2) is 18.2 Å². The summed E-state index contributed by atoms with van der Waals surface area (Å²) < 4.78 is 17.1. The zero-order valence-corrected chi connectivity index (χ0v) is 12.5. The summed E-state index contributed by atoms with van der Waals surface area (Å²) in [6.45, 7) is 1.22. The lowest BCUT2D eigenvalue weighted by Gasteiger charge is -2.31. The highest BCUT2D eigenvalue weighted by Gasteiger charge is 2.28. The second-order valence-corrected chi connectivity index (χ2v) is 5.43. The molecule has 0 radical (unpaired) electrons. The van der Waals surface area contributed by atoms with Crippen molar-refractivity contribution in [3.8, 4) is 11.5 Å². The van der Waals surface area contributed by atoms with Crippen LogP contribution in [-0.4, -0.2) is 43.7 Å². The van der Waals surface area contributed by atoms with E-state index >= 15 is 0 Å². The Morgan fingerprint density at radius 2 is 2.27 bits per heavy atom. The summed E-state index contributed by atoms with van der Waals surface area (Å²) in [5.41, 5.74) is 0.693. The van der Waals surface area contributed by atoms with Crippen molar-refractivity contribution < 1.29 is 24.1 Å². The van der Waals surface area contributed by atoms with Crippen molar-refractivity contribution >= 4 is 11.6 Å². The largest absolute Gasteiger partial charge is 0.478 e. The number of aliphatic hydroxyl groups excluding tert-OH is 1. The van der Waals surface area contributed by atoms with Gasteiger partial charge in [-0.1, -0.05) is 6.07 Å². The minimum atomic E-state index is -0.257. The van der Waals surface area contributed by atoms with E-state index in [-0.39, 0.29) is 25.4 Å².